The van der Waals surface area contributed by atoms with Crippen molar-refractivity contribution in [1.29, 1.82) is 0 Å². The number of ether oxygens (including phenoxy) is 2. The second-order valence-electron chi connectivity index (χ2n) is 6.11. The Bertz CT molecular complexity index is 823. The van der Waals surface area contributed by atoms with E-state index in [1.807, 2.05) is 6.92 Å². The largest absolute Gasteiger partial charge is 0.494 e. The van der Waals surface area contributed by atoms with Crippen LogP contribution in [0.1, 0.15) is 34.1 Å². The van der Waals surface area contributed by atoms with E-state index in [4.69, 9.17) is 21.7 Å². The number of methoxy groups -OCH3 is 1. The molecule has 0 atom stereocenters. The molecule has 2 rings (SSSR count). The molecular weight excluding hydrogens is 390 g/mol. The topological polar surface area (TPSA) is 88.7 Å². The number of hydrogen-bond donors (Lipinski definition) is 3. The third kappa shape index (κ3) is 7.52. The predicted octanol–water partition coefficient (Wildman–Crippen LogP) is 2.98. The van der Waals surface area contributed by atoms with E-state index in [-0.39, 0.29) is 16.9 Å². The van der Waals surface area contributed by atoms with Gasteiger partial charge in [0, 0.05) is 30.5 Å². The van der Waals surface area contributed by atoms with Gasteiger partial charge in [-0.2, -0.15) is 0 Å². The lowest BCUT2D eigenvalue weighted by atomic mass is 10.2. The van der Waals surface area contributed by atoms with Crippen molar-refractivity contribution in [3.63, 3.8) is 0 Å². The quantitative estimate of drug-likeness (QED) is 0.431. The highest BCUT2D eigenvalue weighted by Gasteiger charge is 2.09. The van der Waals surface area contributed by atoms with Gasteiger partial charge >= 0.3 is 0 Å². The number of nitrogens with one attached hydrogen (secondary N) is 3. The van der Waals surface area contributed by atoms with Crippen molar-refractivity contribution >= 4 is 34.8 Å². The lowest BCUT2D eigenvalue weighted by Gasteiger charge is -2.11. The molecule has 0 radical (unpaired) electrons. The van der Waals surface area contributed by atoms with Crippen LogP contribution in [0, 0.1) is 0 Å². The first-order valence-electron chi connectivity index (χ1n) is 9.26. The summed E-state index contributed by atoms with van der Waals surface area (Å²) in [7, 11) is 1.57. The van der Waals surface area contributed by atoms with Crippen LogP contribution in [0.3, 0.4) is 0 Å². The minimum Gasteiger partial charge on any atom is -0.494 e. The molecule has 3 N–H and O–H groups in total. The number of hydrogen-bond acceptors (Lipinski definition) is 5. The van der Waals surface area contributed by atoms with Crippen LogP contribution in [0.4, 0.5) is 5.69 Å². The van der Waals surface area contributed by atoms with Crippen LogP contribution in [0.2, 0.25) is 0 Å². The monoisotopic (exact) mass is 415 g/mol. The van der Waals surface area contributed by atoms with Crippen LogP contribution >= 0.6 is 12.2 Å². The van der Waals surface area contributed by atoms with Gasteiger partial charge in [-0.05, 0) is 67.2 Å². The zero-order valence-corrected chi connectivity index (χ0v) is 17.3. The molecule has 0 heterocycles. The molecule has 2 aromatic rings. The van der Waals surface area contributed by atoms with Crippen LogP contribution in [0.15, 0.2) is 48.5 Å². The average Bonchev–Trinajstić information content (AvgIpc) is 2.73. The third-order valence-corrected chi connectivity index (χ3v) is 4.02. The number of benzene rings is 2. The highest BCUT2D eigenvalue weighted by atomic mass is 32.1. The fourth-order valence-electron chi connectivity index (χ4n) is 2.33. The van der Waals surface area contributed by atoms with Crippen molar-refractivity contribution in [1.82, 2.24) is 10.6 Å². The smallest absolute Gasteiger partial charge is 0.257 e. The summed E-state index contributed by atoms with van der Waals surface area (Å²) in [5, 5.41) is 8.46. The Balaban J connectivity index is 1.85. The summed E-state index contributed by atoms with van der Waals surface area (Å²) >= 11 is 5.19. The average molecular weight is 416 g/mol. The number of rotatable bonds is 9. The summed E-state index contributed by atoms with van der Waals surface area (Å²) < 4.78 is 10.4. The minimum absolute atomic E-state index is 0.165. The van der Waals surface area contributed by atoms with Crippen LogP contribution in [-0.2, 0) is 4.74 Å². The molecular formula is C21H25N3O4S. The van der Waals surface area contributed by atoms with Crippen molar-refractivity contribution in [2.45, 2.75) is 13.3 Å². The Hall–Kier alpha value is -2.97. The molecule has 0 unspecified atom stereocenters. The number of amides is 2. The molecule has 0 saturated carbocycles. The zero-order valence-electron chi connectivity index (χ0n) is 16.5. The van der Waals surface area contributed by atoms with Gasteiger partial charge in [-0.1, -0.05) is 6.92 Å². The Morgan fingerprint density at radius 2 is 1.55 bits per heavy atom. The molecule has 0 fully saturated rings. The number of anilines is 1. The van der Waals surface area contributed by atoms with E-state index in [0.717, 1.165) is 12.2 Å². The summed E-state index contributed by atoms with van der Waals surface area (Å²) in [6.07, 6.45) is 0.918. The molecule has 0 bridgehead atoms. The van der Waals surface area contributed by atoms with Crippen molar-refractivity contribution in [2.75, 3.05) is 32.2 Å². The van der Waals surface area contributed by atoms with E-state index < -0.39 is 0 Å². The van der Waals surface area contributed by atoms with Gasteiger partial charge in [-0.3, -0.25) is 14.9 Å². The molecule has 2 amide bonds. The Kier molecular flexibility index (Phi) is 9.07. The number of thiocarbonyl (C=S) groups is 1. The Morgan fingerprint density at radius 3 is 2.17 bits per heavy atom. The van der Waals surface area contributed by atoms with Crippen LogP contribution in [-0.4, -0.2) is 43.8 Å². The first-order chi connectivity index (χ1) is 14.0. The fourth-order valence-corrected chi connectivity index (χ4v) is 2.54. The number of carbonyl (C=O) groups excluding carboxylic acids is 2. The van der Waals surface area contributed by atoms with E-state index in [1.54, 1.807) is 55.6 Å². The summed E-state index contributed by atoms with van der Waals surface area (Å²) in [6, 6.07) is 13.6. The standard InChI is InChI=1S/C21H25N3O4S/c1-3-13-28-18-10-6-16(7-11-18)20(26)24-21(29)23-17-8-4-15(5-9-17)19(25)22-12-14-27-2/h4-11H,3,12-14H2,1-2H3,(H,22,25)(H2,23,24,26,29). The third-order valence-electron chi connectivity index (χ3n) is 3.81. The molecule has 0 aliphatic rings. The van der Waals surface area contributed by atoms with Crippen LogP contribution in [0.5, 0.6) is 5.75 Å². The molecule has 2 aromatic carbocycles. The van der Waals surface area contributed by atoms with Crippen molar-refractivity contribution in [3.05, 3.63) is 59.7 Å². The van der Waals surface area contributed by atoms with E-state index in [0.29, 0.717) is 36.6 Å². The summed E-state index contributed by atoms with van der Waals surface area (Å²) in [6.45, 7) is 3.55. The maximum Gasteiger partial charge on any atom is 0.257 e. The van der Waals surface area contributed by atoms with Gasteiger partial charge < -0.3 is 20.1 Å². The fraction of sp³-hybridized carbons (Fsp3) is 0.286. The highest BCUT2D eigenvalue weighted by molar-refractivity contribution is 7.80. The van der Waals surface area contributed by atoms with Crippen molar-refractivity contribution in [3.8, 4) is 5.75 Å². The summed E-state index contributed by atoms with van der Waals surface area (Å²) in [5.74, 6) is 0.213. The first-order valence-corrected chi connectivity index (χ1v) is 9.66. The number of carbonyl (C=O) groups is 2. The van der Waals surface area contributed by atoms with E-state index in [2.05, 4.69) is 16.0 Å². The summed E-state index contributed by atoms with van der Waals surface area (Å²) in [5.41, 5.74) is 1.65. The van der Waals surface area contributed by atoms with Gasteiger partial charge in [0.15, 0.2) is 5.11 Å². The zero-order chi connectivity index (χ0) is 21.1. The minimum atomic E-state index is -0.321. The molecule has 29 heavy (non-hydrogen) atoms. The van der Waals surface area contributed by atoms with Crippen LogP contribution in [0.25, 0.3) is 0 Å². The van der Waals surface area contributed by atoms with Crippen molar-refractivity contribution < 1.29 is 19.1 Å². The molecule has 0 aromatic heterocycles. The van der Waals surface area contributed by atoms with Gasteiger partial charge in [-0.25, -0.2) is 0 Å². The lowest BCUT2D eigenvalue weighted by Crippen LogP contribution is -2.34. The van der Waals surface area contributed by atoms with E-state index >= 15 is 0 Å². The second kappa shape index (κ2) is 11.8. The molecule has 154 valence electrons. The Labute approximate surface area is 175 Å². The van der Waals surface area contributed by atoms with Gasteiger partial charge in [-0.15, -0.1) is 0 Å². The van der Waals surface area contributed by atoms with Gasteiger partial charge in [0.1, 0.15) is 5.75 Å². The molecule has 7 nitrogen and oxygen atoms in total. The van der Waals surface area contributed by atoms with Crippen LogP contribution < -0.4 is 20.7 Å². The van der Waals surface area contributed by atoms with Gasteiger partial charge in [0.05, 0.1) is 13.2 Å². The first kappa shape index (κ1) is 22.3. The van der Waals surface area contributed by atoms with Gasteiger partial charge in [0.25, 0.3) is 11.8 Å². The van der Waals surface area contributed by atoms with E-state index in [9.17, 15) is 9.59 Å². The molecule has 8 heteroatoms. The second-order valence-corrected chi connectivity index (χ2v) is 6.52. The molecule has 0 aliphatic carbocycles. The highest BCUT2D eigenvalue weighted by Crippen LogP contribution is 2.13. The normalized spacial score (nSPS) is 10.1. The summed E-state index contributed by atoms with van der Waals surface area (Å²) in [4.78, 5) is 24.3. The predicted molar refractivity (Wildman–Crippen MR) is 117 cm³/mol. The maximum absolute atomic E-state index is 12.3. The molecule has 0 aliphatic heterocycles. The maximum atomic E-state index is 12.3. The Morgan fingerprint density at radius 1 is 0.931 bits per heavy atom. The SMILES string of the molecule is CCCOc1ccc(C(=O)NC(=S)Nc2ccc(C(=O)NCCOC)cc2)cc1. The van der Waals surface area contributed by atoms with Crippen molar-refractivity contribution in [2.24, 2.45) is 0 Å². The van der Waals surface area contributed by atoms with E-state index in [1.165, 1.54) is 0 Å². The molecule has 0 saturated heterocycles. The van der Waals surface area contributed by atoms with Gasteiger partial charge in [0.2, 0.25) is 0 Å². The molecule has 0 spiro atoms. The lowest BCUT2D eigenvalue weighted by molar-refractivity contribution is 0.0935.